The summed E-state index contributed by atoms with van der Waals surface area (Å²) in [6, 6.07) is 3.60. The maximum atomic E-state index is 13.1. The molecule has 2 N–H and O–H groups in total. The zero-order chi connectivity index (χ0) is 12.4. The van der Waals surface area contributed by atoms with E-state index >= 15 is 0 Å². The van der Waals surface area contributed by atoms with Crippen LogP contribution < -0.4 is 0 Å². The molecule has 1 aromatic carbocycles. The number of hydrogen-bond acceptors (Lipinski definition) is 3. The first-order valence-corrected chi connectivity index (χ1v) is 5.59. The van der Waals surface area contributed by atoms with Crippen molar-refractivity contribution in [2.45, 2.75) is 18.6 Å². The molecule has 5 heteroatoms. The van der Waals surface area contributed by atoms with Crippen LogP contribution in [0.4, 0.5) is 8.78 Å². The Hall–Kier alpha value is -1.04. The Kier molecular flexibility index (Phi) is 3.71. The molecule has 0 saturated carbocycles. The maximum Gasteiger partial charge on any atom is 0.159 e. The van der Waals surface area contributed by atoms with Crippen molar-refractivity contribution in [1.82, 2.24) is 4.90 Å². The molecule has 94 valence electrons. The molecule has 1 saturated heterocycles. The fraction of sp³-hybridized carbons (Fsp3) is 0.500. The maximum absolute atomic E-state index is 13.1. The van der Waals surface area contributed by atoms with Crippen molar-refractivity contribution < 1.29 is 19.0 Å². The van der Waals surface area contributed by atoms with Gasteiger partial charge in [0.25, 0.3) is 0 Å². The molecule has 2 atom stereocenters. The molecule has 1 aliphatic heterocycles. The van der Waals surface area contributed by atoms with Crippen molar-refractivity contribution in [2.75, 3.05) is 19.7 Å². The van der Waals surface area contributed by atoms with E-state index in [0.717, 1.165) is 12.1 Å². The summed E-state index contributed by atoms with van der Waals surface area (Å²) in [6.45, 7) is 0.845. The number of likely N-dealkylation sites (tertiary alicyclic amines) is 1. The van der Waals surface area contributed by atoms with E-state index in [0.29, 0.717) is 25.1 Å². The number of halogens is 2. The molecule has 0 bridgehead atoms. The zero-order valence-corrected chi connectivity index (χ0v) is 9.31. The van der Waals surface area contributed by atoms with E-state index in [1.165, 1.54) is 6.07 Å². The van der Waals surface area contributed by atoms with Crippen LogP contribution in [0.2, 0.25) is 0 Å². The fourth-order valence-electron chi connectivity index (χ4n) is 2.32. The molecule has 1 fully saturated rings. The Morgan fingerprint density at radius 3 is 2.71 bits per heavy atom. The van der Waals surface area contributed by atoms with Crippen LogP contribution in [0, 0.1) is 11.6 Å². The van der Waals surface area contributed by atoms with Crippen LogP contribution in [-0.4, -0.2) is 40.9 Å². The average Bonchev–Trinajstić information content (AvgIpc) is 2.64. The highest BCUT2D eigenvalue weighted by Crippen LogP contribution is 2.32. The van der Waals surface area contributed by atoms with Crippen LogP contribution in [0.15, 0.2) is 18.2 Å². The van der Waals surface area contributed by atoms with Crippen molar-refractivity contribution in [2.24, 2.45) is 0 Å². The number of aliphatic hydroxyl groups is 2. The lowest BCUT2D eigenvalue weighted by Crippen LogP contribution is -2.27. The highest BCUT2D eigenvalue weighted by atomic mass is 19.2. The van der Waals surface area contributed by atoms with E-state index in [1.54, 1.807) is 0 Å². The van der Waals surface area contributed by atoms with Gasteiger partial charge in [0.1, 0.15) is 0 Å². The minimum absolute atomic E-state index is 0.0209. The molecule has 2 rings (SSSR count). The number of nitrogens with zero attached hydrogens (tertiary/aromatic N) is 1. The zero-order valence-electron chi connectivity index (χ0n) is 9.31. The first kappa shape index (κ1) is 12.4. The Labute approximate surface area is 98.3 Å². The number of rotatable bonds is 3. The minimum atomic E-state index is -0.882. The Balaban J connectivity index is 2.22. The van der Waals surface area contributed by atoms with Crippen LogP contribution in [0.3, 0.4) is 0 Å². The smallest absolute Gasteiger partial charge is 0.159 e. The fourth-order valence-corrected chi connectivity index (χ4v) is 2.32. The molecule has 0 spiro atoms. The van der Waals surface area contributed by atoms with Gasteiger partial charge in [0, 0.05) is 19.1 Å². The van der Waals surface area contributed by atoms with Crippen LogP contribution >= 0.6 is 0 Å². The number of hydrogen-bond donors (Lipinski definition) is 2. The highest BCUT2D eigenvalue weighted by Gasteiger charge is 2.31. The van der Waals surface area contributed by atoms with Gasteiger partial charge in [0.05, 0.1) is 12.7 Å². The predicted molar refractivity (Wildman–Crippen MR) is 58.4 cm³/mol. The lowest BCUT2D eigenvalue weighted by atomic mass is 10.0. The molecule has 1 aromatic rings. The normalized spacial score (nSPS) is 25.4. The molecular formula is C12H15F2NO2. The van der Waals surface area contributed by atoms with E-state index in [4.69, 9.17) is 5.11 Å². The van der Waals surface area contributed by atoms with Gasteiger partial charge in [0.15, 0.2) is 11.6 Å². The molecule has 17 heavy (non-hydrogen) atoms. The molecule has 0 aliphatic carbocycles. The molecule has 3 nitrogen and oxygen atoms in total. The van der Waals surface area contributed by atoms with E-state index in [2.05, 4.69) is 0 Å². The summed E-state index contributed by atoms with van der Waals surface area (Å²) in [6.07, 6.45) is -0.00917. The topological polar surface area (TPSA) is 43.7 Å². The van der Waals surface area contributed by atoms with Crippen LogP contribution in [0.25, 0.3) is 0 Å². The van der Waals surface area contributed by atoms with Gasteiger partial charge in [-0.25, -0.2) is 8.78 Å². The Bertz CT molecular complexity index is 400. The van der Waals surface area contributed by atoms with Crippen molar-refractivity contribution in [3.8, 4) is 0 Å². The third kappa shape index (κ3) is 2.62. The summed E-state index contributed by atoms with van der Waals surface area (Å²) in [5.74, 6) is -1.76. The average molecular weight is 243 g/mol. The summed E-state index contributed by atoms with van der Waals surface area (Å²) >= 11 is 0. The van der Waals surface area contributed by atoms with Gasteiger partial charge in [-0.15, -0.1) is 0 Å². The predicted octanol–water partition coefficient (Wildman–Crippen LogP) is 1.06. The van der Waals surface area contributed by atoms with Crippen molar-refractivity contribution >= 4 is 0 Å². The van der Waals surface area contributed by atoms with Gasteiger partial charge in [-0.2, -0.15) is 0 Å². The minimum Gasteiger partial charge on any atom is -0.395 e. The molecule has 0 amide bonds. The van der Waals surface area contributed by atoms with Crippen molar-refractivity contribution in [1.29, 1.82) is 0 Å². The monoisotopic (exact) mass is 243 g/mol. The quantitative estimate of drug-likeness (QED) is 0.834. The first-order chi connectivity index (χ1) is 8.11. The molecule has 0 radical (unpaired) electrons. The molecule has 1 aliphatic rings. The number of aliphatic hydroxyl groups excluding tert-OH is 2. The van der Waals surface area contributed by atoms with Crippen molar-refractivity contribution in [3.63, 3.8) is 0 Å². The van der Waals surface area contributed by atoms with Gasteiger partial charge >= 0.3 is 0 Å². The number of benzene rings is 1. The third-order valence-corrected chi connectivity index (χ3v) is 3.10. The van der Waals surface area contributed by atoms with E-state index in [-0.39, 0.29) is 12.6 Å². The van der Waals surface area contributed by atoms with E-state index in [9.17, 15) is 13.9 Å². The molecular weight excluding hydrogens is 228 g/mol. The lowest BCUT2D eigenvalue weighted by Gasteiger charge is -2.23. The largest absolute Gasteiger partial charge is 0.395 e. The van der Waals surface area contributed by atoms with Gasteiger partial charge in [-0.3, -0.25) is 4.90 Å². The van der Waals surface area contributed by atoms with Gasteiger partial charge in [-0.1, -0.05) is 6.07 Å². The van der Waals surface area contributed by atoms with Gasteiger partial charge < -0.3 is 10.2 Å². The first-order valence-electron chi connectivity index (χ1n) is 5.59. The van der Waals surface area contributed by atoms with E-state index < -0.39 is 17.7 Å². The SMILES string of the molecule is OCCN1C[C@H](O)C[C@H]1c1ccc(F)c(F)c1. The third-order valence-electron chi connectivity index (χ3n) is 3.10. The van der Waals surface area contributed by atoms with Crippen molar-refractivity contribution in [3.05, 3.63) is 35.4 Å². The van der Waals surface area contributed by atoms with Crippen LogP contribution in [-0.2, 0) is 0 Å². The summed E-state index contributed by atoms with van der Waals surface area (Å²) in [5.41, 5.74) is 0.633. The second-order valence-corrected chi connectivity index (χ2v) is 4.30. The number of β-amino-alcohol motifs (C(OH)–C–C–N with tert-alkyl or cyclic N) is 2. The van der Waals surface area contributed by atoms with E-state index in [1.807, 2.05) is 4.90 Å². The standard InChI is InChI=1S/C12H15F2NO2/c13-10-2-1-8(5-11(10)14)12-6-9(17)7-15(12)3-4-16/h1-2,5,9,12,16-17H,3-4,6-7H2/t9-,12+/m1/s1. The summed E-state index contributed by atoms with van der Waals surface area (Å²) in [4.78, 5) is 1.87. The highest BCUT2D eigenvalue weighted by molar-refractivity contribution is 5.22. The van der Waals surface area contributed by atoms with Crippen LogP contribution in [0.5, 0.6) is 0 Å². The summed E-state index contributed by atoms with van der Waals surface area (Å²) in [5, 5.41) is 18.5. The molecule has 0 unspecified atom stereocenters. The second-order valence-electron chi connectivity index (χ2n) is 4.30. The summed E-state index contributed by atoms with van der Waals surface area (Å²) < 4.78 is 26.0. The second kappa shape index (κ2) is 5.08. The molecule has 1 heterocycles. The van der Waals surface area contributed by atoms with Gasteiger partial charge in [0.2, 0.25) is 0 Å². The Morgan fingerprint density at radius 1 is 1.29 bits per heavy atom. The van der Waals surface area contributed by atoms with Gasteiger partial charge in [-0.05, 0) is 24.1 Å². The lowest BCUT2D eigenvalue weighted by molar-refractivity contribution is 0.156. The molecule has 0 aromatic heterocycles. The summed E-state index contributed by atoms with van der Waals surface area (Å²) in [7, 11) is 0. The van der Waals surface area contributed by atoms with Crippen LogP contribution in [0.1, 0.15) is 18.0 Å². The Morgan fingerprint density at radius 2 is 2.06 bits per heavy atom.